The van der Waals surface area contributed by atoms with Gasteiger partial charge in [-0.2, -0.15) is 0 Å². The lowest BCUT2D eigenvalue weighted by Crippen LogP contribution is -2.01. The molecule has 0 spiro atoms. The van der Waals surface area contributed by atoms with Crippen molar-refractivity contribution in [2.75, 3.05) is 0 Å². The molecule has 0 radical (unpaired) electrons. The van der Waals surface area contributed by atoms with Gasteiger partial charge in [0.05, 0.1) is 33.5 Å². The number of fused-ring (bicyclic) bond motifs is 7. The van der Waals surface area contributed by atoms with E-state index >= 15 is 0 Å². The van der Waals surface area contributed by atoms with Gasteiger partial charge in [0.25, 0.3) is 0 Å². The van der Waals surface area contributed by atoms with Crippen LogP contribution in [-0.2, 0) is 0 Å². The topological polar surface area (TPSA) is 35.6 Å². The molecule has 0 fully saturated rings. The van der Waals surface area contributed by atoms with Crippen molar-refractivity contribution in [3.05, 3.63) is 151 Å². The van der Waals surface area contributed by atoms with Gasteiger partial charge in [-0.1, -0.05) is 103 Å². The monoisotopic (exact) mass is 564 g/mol. The summed E-state index contributed by atoms with van der Waals surface area (Å²) in [5.74, 6) is 1.82. The van der Waals surface area contributed by atoms with Crippen molar-refractivity contribution in [3.63, 3.8) is 0 Å². The fourth-order valence-electron chi connectivity index (χ4n) is 6.82. The first-order chi connectivity index (χ1) is 21.8. The van der Waals surface area contributed by atoms with Crippen LogP contribution in [0.1, 0.15) is 18.5 Å². The fraction of sp³-hybridized carbons (Fsp3) is 0.0500. The molecule has 8 aromatic rings. The minimum Gasteiger partial charge on any atom is -0.294 e. The maximum atomic E-state index is 5.26. The van der Waals surface area contributed by atoms with E-state index in [-0.39, 0.29) is 0 Å². The summed E-state index contributed by atoms with van der Waals surface area (Å²) in [4.78, 5) is 10.4. The Kier molecular flexibility index (Phi) is 5.60. The van der Waals surface area contributed by atoms with Crippen molar-refractivity contribution in [2.45, 2.75) is 12.8 Å². The highest BCUT2D eigenvalue weighted by atomic mass is 15.1. The van der Waals surface area contributed by atoms with Gasteiger partial charge in [-0.05, 0) is 60.9 Å². The molecule has 4 heteroatoms. The number of allylic oxidation sites excluding steroid dienone is 4. The fourth-order valence-corrected chi connectivity index (χ4v) is 6.82. The van der Waals surface area contributed by atoms with E-state index in [0.717, 1.165) is 63.5 Å². The molecule has 0 saturated heterocycles. The lowest BCUT2D eigenvalue weighted by atomic mass is 10.0. The summed E-state index contributed by atoms with van der Waals surface area (Å²) >= 11 is 0. The normalized spacial score (nSPS) is 13.3. The maximum absolute atomic E-state index is 5.26. The van der Waals surface area contributed by atoms with E-state index in [4.69, 9.17) is 9.97 Å². The number of hydrogen-bond acceptors (Lipinski definition) is 2. The van der Waals surface area contributed by atoms with E-state index in [9.17, 15) is 0 Å². The average molecular weight is 565 g/mol. The minimum atomic E-state index is 0.899. The molecule has 1 aliphatic rings. The van der Waals surface area contributed by atoms with Crippen LogP contribution in [0.15, 0.2) is 146 Å². The highest BCUT2D eigenvalue weighted by Crippen LogP contribution is 2.41. The van der Waals surface area contributed by atoms with Crippen molar-refractivity contribution >= 4 is 49.2 Å². The van der Waals surface area contributed by atoms with E-state index in [1.165, 1.54) is 27.1 Å². The second-order valence-corrected chi connectivity index (χ2v) is 11.3. The maximum Gasteiger partial charge on any atom is 0.138 e. The van der Waals surface area contributed by atoms with Gasteiger partial charge >= 0.3 is 0 Å². The molecule has 4 aromatic carbocycles. The lowest BCUT2D eigenvalue weighted by Gasteiger charge is -2.12. The third kappa shape index (κ3) is 3.78. The van der Waals surface area contributed by atoms with Crippen molar-refractivity contribution in [1.29, 1.82) is 0 Å². The molecule has 44 heavy (non-hydrogen) atoms. The first-order valence-electron chi connectivity index (χ1n) is 15.2. The van der Waals surface area contributed by atoms with Gasteiger partial charge in [-0.3, -0.25) is 9.13 Å². The first kappa shape index (κ1) is 24.8. The SMILES string of the molecule is C1=CC(c2cccc(-n3c4ccccc4c4ccc5c(c6ccccc6n5-c5cccc(-c6ccccc6)n5)c43)n2)=CCC1. The largest absolute Gasteiger partial charge is 0.294 e. The third-order valence-electron chi connectivity index (χ3n) is 8.76. The number of benzene rings is 4. The van der Waals surface area contributed by atoms with Crippen LogP contribution in [0.3, 0.4) is 0 Å². The van der Waals surface area contributed by atoms with E-state index in [0.29, 0.717) is 0 Å². The Labute approximate surface area is 254 Å². The summed E-state index contributed by atoms with van der Waals surface area (Å²) in [5.41, 5.74) is 8.80. The van der Waals surface area contributed by atoms with Crippen LogP contribution in [0.25, 0.3) is 72.1 Å². The van der Waals surface area contributed by atoms with Crippen molar-refractivity contribution < 1.29 is 0 Å². The summed E-state index contributed by atoms with van der Waals surface area (Å²) in [7, 11) is 0. The second-order valence-electron chi connectivity index (χ2n) is 11.3. The molecular formula is C40H28N4. The predicted octanol–water partition coefficient (Wildman–Crippen LogP) is 10.1. The van der Waals surface area contributed by atoms with Crippen LogP contribution in [0.2, 0.25) is 0 Å². The highest BCUT2D eigenvalue weighted by molar-refractivity contribution is 6.26. The number of rotatable bonds is 4. The molecule has 9 rings (SSSR count). The number of pyridine rings is 2. The zero-order chi connectivity index (χ0) is 29.0. The minimum absolute atomic E-state index is 0.899. The molecule has 4 aromatic heterocycles. The molecule has 0 bridgehead atoms. The summed E-state index contributed by atoms with van der Waals surface area (Å²) in [6.07, 6.45) is 8.86. The Morgan fingerprint density at radius 2 is 1.16 bits per heavy atom. The zero-order valence-corrected chi connectivity index (χ0v) is 24.1. The Morgan fingerprint density at radius 3 is 1.95 bits per heavy atom. The quantitative estimate of drug-likeness (QED) is 0.213. The average Bonchev–Trinajstić information content (AvgIpc) is 3.62. The van der Waals surface area contributed by atoms with Crippen LogP contribution in [-0.4, -0.2) is 19.1 Å². The zero-order valence-electron chi connectivity index (χ0n) is 24.1. The molecule has 0 amide bonds. The Bertz CT molecular complexity index is 2440. The molecule has 4 heterocycles. The van der Waals surface area contributed by atoms with Gasteiger partial charge in [0, 0.05) is 27.1 Å². The Hall–Kier alpha value is -5.74. The van der Waals surface area contributed by atoms with Crippen LogP contribution in [0, 0.1) is 0 Å². The number of hydrogen-bond donors (Lipinski definition) is 0. The first-order valence-corrected chi connectivity index (χ1v) is 15.2. The molecule has 0 atom stereocenters. The number of aromatic nitrogens is 4. The molecule has 0 saturated carbocycles. The van der Waals surface area contributed by atoms with Gasteiger partial charge in [0.2, 0.25) is 0 Å². The Morgan fingerprint density at radius 1 is 0.477 bits per heavy atom. The van der Waals surface area contributed by atoms with Gasteiger partial charge in [-0.25, -0.2) is 9.97 Å². The van der Waals surface area contributed by atoms with Gasteiger partial charge in [0.1, 0.15) is 11.6 Å². The summed E-state index contributed by atoms with van der Waals surface area (Å²) in [6, 6.07) is 44.9. The number of nitrogens with zero attached hydrogens (tertiary/aromatic N) is 4. The van der Waals surface area contributed by atoms with Crippen molar-refractivity contribution in [2.24, 2.45) is 0 Å². The molecule has 208 valence electrons. The van der Waals surface area contributed by atoms with Crippen molar-refractivity contribution in [1.82, 2.24) is 19.1 Å². The summed E-state index contributed by atoms with van der Waals surface area (Å²) < 4.78 is 4.66. The van der Waals surface area contributed by atoms with Crippen LogP contribution in [0.4, 0.5) is 0 Å². The predicted molar refractivity (Wildman–Crippen MR) is 182 cm³/mol. The van der Waals surface area contributed by atoms with E-state index in [2.05, 4.69) is 149 Å². The standard InChI is InChI=1S/C40H28N4/c1-3-13-27(14-4-1)32-19-11-23-37(41-32)43-35-22-10-8-18-31(35)39-36(43)26-25-30-29-17-7-9-21-34(29)44(40(30)39)38-24-12-20-33(42-38)28-15-5-2-6-16-28/h1,3-5,7-26H,2,6H2. The smallest absolute Gasteiger partial charge is 0.138 e. The van der Waals surface area contributed by atoms with Crippen LogP contribution < -0.4 is 0 Å². The molecule has 0 aliphatic heterocycles. The molecule has 4 nitrogen and oxygen atoms in total. The van der Waals surface area contributed by atoms with Crippen LogP contribution >= 0.6 is 0 Å². The second kappa shape index (κ2) is 9.92. The molecule has 1 aliphatic carbocycles. The molecular weight excluding hydrogens is 536 g/mol. The third-order valence-corrected chi connectivity index (χ3v) is 8.76. The summed E-state index contributed by atoms with van der Waals surface area (Å²) in [6.45, 7) is 0. The van der Waals surface area contributed by atoms with Gasteiger partial charge < -0.3 is 0 Å². The number of para-hydroxylation sites is 2. The summed E-state index contributed by atoms with van der Waals surface area (Å²) in [5, 5.41) is 4.82. The lowest BCUT2D eigenvalue weighted by molar-refractivity contribution is 1.03. The van der Waals surface area contributed by atoms with Gasteiger partial charge in [-0.15, -0.1) is 0 Å². The van der Waals surface area contributed by atoms with E-state index in [1.54, 1.807) is 0 Å². The molecule has 0 N–H and O–H groups in total. The highest BCUT2D eigenvalue weighted by Gasteiger charge is 2.21. The molecule has 0 unspecified atom stereocenters. The van der Waals surface area contributed by atoms with Gasteiger partial charge in [0.15, 0.2) is 0 Å². The van der Waals surface area contributed by atoms with E-state index < -0.39 is 0 Å². The van der Waals surface area contributed by atoms with Crippen molar-refractivity contribution in [3.8, 4) is 22.9 Å². The Balaban J connectivity index is 1.38. The van der Waals surface area contributed by atoms with E-state index in [1.807, 2.05) is 6.07 Å². The van der Waals surface area contributed by atoms with Crippen LogP contribution in [0.5, 0.6) is 0 Å².